The van der Waals surface area contributed by atoms with Gasteiger partial charge in [0.2, 0.25) is 10.0 Å². The molecule has 1 amide bonds. The van der Waals surface area contributed by atoms with Crippen molar-refractivity contribution in [2.24, 2.45) is 0 Å². The van der Waals surface area contributed by atoms with Crippen LogP contribution in [0.1, 0.15) is 28.9 Å². The minimum absolute atomic E-state index is 0.00150. The first kappa shape index (κ1) is 20.7. The van der Waals surface area contributed by atoms with Crippen LogP contribution in [0.4, 0.5) is 4.39 Å². The summed E-state index contributed by atoms with van der Waals surface area (Å²) in [6.45, 7) is 2.92. The lowest BCUT2D eigenvalue weighted by Gasteiger charge is -2.26. The van der Waals surface area contributed by atoms with E-state index in [9.17, 15) is 17.6 Å². The Morgan fingerprint density at radius 1 is 1.18 bits per heavy atom. The fraction of sp³-hybridized carbons (Fsp3) is 0.316. The number of nitrogens with one attached hydrogen (secondary N) is 1. The van der Waals surface area contributed by atoms with E-state index < -0.39 is 22.0 Å². The lowest BCUT2D eigenvalue weighted by Crippen LogP contribution is -2.40. The second-order valence-electron chi connectivity index (χ2n) is 6.40. The molecule has 0 saturated carbocycles. The van der Waals surface area contributed by atoms with E-state index in [1.807, 2.05) is 0 Å². The summed E-state index contributed by atoms with van der Waals surface area (Å²) < 4.78 is 45.2. The molecule has 1 saturated heterocycles. The molecule has 28 heavy (non-hydrogen) atoms. The van der Waals surface area contributed by atoms with E-state index in [-0.39, 0.29) is 34.4 Å². The first-order valence-corrected chi connectivity index (χ1v) is 10.5. The van der Waals surface area contributed by atoms with Crippen LogP contribution in [-0.2, 0) is 14.8 Å². The van der Waals surface area contributed by atoms with Crippen molar-refractivity contribution in [1.82, 2.24) is 9.62 Å². The van der Waals surface area contributed by atoms with Crippen LogP contribution in [-0.4, -0.2) is 44.9 Å². The van der Waals surface area contributed by atoms with E-state index in [0.29, 0.717) is 18.8 Å². The predicted octanol–water partition coefficient (Wildman–Crippen LogP) is 2.99. The van der Waals surface area contributed by atoms with Crippen LogP contribution in [0.3, 0.4) is 0 Å². The number of amides is 1. The molecule has 1 N–H and O–H groups in total. The number of halogens is 2. The minimum atomic E-state index is -3.75. The summed E-state index contributed by atoms with van der Waals surface area (Å²) in [4.78, 5) is 12.7. The number of benzene rings is 2. The Morgan fingerprint density at radius 3 is 2.46 bits per heavy atom. The van der Waals surface area contributed by atoms with Crippen molar-refractivity contribution in [2.75, 3.05) is 26.3 Å². The highest BCUT2D eigenvalue weighted by Gasteiger charge is 2.27. The van der Waals surface area contributed by atoms with Gasteiger partial charge in [-0.2, -0.15) is 4.31 Å². The number of ether oxygens (including phenoxy) is 1. The molecule has 0 bridgehead atoms. The van der Waals surface area contributed by atoms with Crippen LogP contribution in [0.2, 0.25) is 5.02 Å². The highest BCUT2D eigenvalue weighted by atomic mass is 35.5. The van der Waals surface area contributed by atoms with Crippen LogP contribution in [0.15, 0.2) is 47.4 Å². The standard InChI is InChI=1S/C19H20ClFN2O4S/c1-13(14-2-4-15(21)5-3-14)22-19(24)17-12-16(6-7-18(17)20)28(25,26)23-8-10-27-11-9-23/h2-7,12-13H,8-11H2,1H3,(H,22,24)/t13-/m1/s1. The van der Waals surface area contributed by atoms with E-state index >= 15 is 0 Å². The smallest absolute Gasteiger partial charge is 0.253 e. The van der Waals surface area contributed by atoms with Crippen LogP contribution in [0.25, 0.3) is 0 Å². The average Bonchev–Trinajstić information content (AvgIpc) is 2.69. The molecule has 0 aromatic heterocycles. The van der Waals surface area contributed by atoms with Gasteiger partial charge in [-0.3, -0.25) is 4.79 Å². The molecule has 150 valence electrons. The molecule has 9 heteroatoms. The molecule has 1 aliphatic heterocycles. The van der Waals surface area contributed by atoms with Crippen molar-refractivity contribution in [1.29, 1.82) is 0 Å². The molecule has 1 atom stereocenters. The third-order valence-corrected chi connectivity index (χ3v) is 6.73. The monoisotopic (exact) mass is 426 g/mol. The summed E-state index contributed by atoms with van der Waals surface area (Å²) in [5.74, 6) is -0.882. The quantitative estimate of drug-likeness (QED) is 0.797. The summed E-state index contributed by atoms with van der Waals surface area (Å²) in [6, 6.07) is 9.40. The summed E-state index contributed by atoms with van der Waals surface area (Å²) in [7, 11) is -3.75. The highest BCUT2D eigenvalue weighted by molar-refractivity contribution is 7.89. The fourth-order valence-electron chi connectivity index (χ4n) is 2.88. The Kier molecular flexibility index (Phi) is 6.34. The van der Waals surface area contributed by atoms with Crippen molar-refractivity contribution in [3.63, 3.8) is 0 Å². The van der Waals surface area contributed by atoms with E-state index in [1.165, 1.54) is 34.6 Å². The maximum absolute atomic E-state index is 13.1. The zero-order chi connectivity index (χ0) is 20.3. The largest absolute Gasteiger partial charge is 0.379 e. The second-order valence-corrected chi connectivity index (χ2v) is 8.75. The molecule has 1 fully saturated rings. The Hall–Kier alpha value is -2.00. The number of carbonyl (C=O) groups excluding carboxylic acids is 1. The van der Waals surface area contributed by atoms with E-state index in [1.54, 1.807) is 19.1 Å². The van der Waals surface area contributed by atoms with Crippen molar-refractivity contribution < 1.29 is 22.3 Å². The van der Waals surface area contributed by atoms with Gasteiger partial charge in [-0.15, -0.1) is 0 Å². The molecule has 2 aromatic carbocycles. The van der Waals surface area contributed by atoms with E-state index in [4.69, 9.17) is 16.3 Å². The highest BCUT2D eigenvalue weighted by Crippen LogP contribution is 2.24. The first-order chi connectivity index (χ1) is 13.3. The van der Waals surface area contributed by atoms with Gasteiger partial charge in [-0.1, -0.05) is 23.7 Å². The van der Waals surface area contributed by atoms with Crippen molar-refractivity contribution >= 4 is 27.5 Å². The SMILES string of the molecule is C[C@@H](NC(=O)c1cc(S(=O)(=O)N2CCOCC2)ccc1Cl)c1ccc(F)cc1. The van der Waals surface area contributed by atoms with Gasteiger partial charge >= 0.3 is 0 Å². The van der Waals surface area contributed by atoms with Gasteiger partial charge in [0, 0.05) is 13.1 Å². The molecule has 0 aliphatic carbocycles. The Labute approximate surface area is 168 Å². The van der Waals surface area contributed by atoms with Gasteiger partial charge < -0.3 is 10.1 Å². The van der Waals surface area contributed by atoms with Gasteiger partial charge in [0.25, 0.3) is 5.91 Å². The maximum atomic E-state index is 13.1. The third kappa shape index (κ3) is 4.52. The number of hydrogen-bond acceptors (Lipinski definition) is 4. The van der Waals surface area contributed by atoms with Gasteiger partial charge in [0.1, 0.15) is 5.82 Å². The third-order valence-electron chi connectivity index (χ3n) is 4.51. The maximum Gasteiger partial charge on any atom is 0.253 e. The van der Waals surface area contributed by atoms with Gasteiger partial charge in [0.15, 0.2) is 0 Å². The van der Waals surface area contributed by atoms with Gasteiger partial charge in [-0.25, -0.2) is 12.8 Å². The number of sulfonamides is 1. The second kappa shape index (κ2) is 8.57. The molecule has 0 radical (unpaired) electrons. The summed E-state index contributed by atoms with van der Waals surface area (Å²) in [5.41, 5.74) is 0.771. The van der Waals surface area contributed by atoms with Crippen molar-refractivity contribution in [3.8, 4) is 0 Å². The van der Waals surface area contributed by atoms with Gasteiger partial charge in [-0.05, 0) is 42.8 Å². The van der Waals surface area contributed by atoms with Crippen molar-refractivity contribution in [2.45, 2.75) is 17.9 Å². The van der Waals surface area contributed by atoms with Crippen LogP contribution >= 0.6 is 11.6 Å². The molecule has 0 unspecified atom stereocenters. The van der Waals surface area contributed by atoms with Gasteiger partial charge in [0.05, 0.1) is 34.7 Å². The topological polar surface area (TPSA) is 75.7 Å². The summed E-state index contributed by atoms with van der Waals surface area (Å²) in [5, 5.41) is 2.90. The molecule has 1 aliphatic rings. The fourth-order valence-corrected chi connectivity index (χ4v) is 4.52. The number of hydrogen-bond donors (Lipinski definition) is 1. The average molecular weight is 427 g/mol. The van der Waals surface area contributed by atoms with Crippen molar-refractivity contribution in [3.05, 3.63) is 64.4 Å². The zero-order valence-corrected chi connectivity index (χ0v) is 16.8. The van der Waals surface area contributed by atoms with E-state index in [0.717, 1.165) is 0 Å². The first-order valence-electron chi connectivity index (χ1n) is 8.73. The molecule has 6 nitrogen and oxygen atoms in total. The number of rotatable bonds is 5. The Balaban J connectivity index is 1.82. The summed E-state index contributed by atoms with van der Waals surface area (Å²) >= 11 is 6.14. The van der Waals surface area contributed by atoms with Crippen LogP contribution < -0.4 is 5.32 Å². The molecule has 3 rings (SSSR count). The Morgan fingerprint density at radius 2 is 1.82 bits per heavy atom. The molecular weight excluding hydrogens is 407 g/mol. The molecule has 1 heterocycles. The molecule has 0 spiro atoms. The molecular formula is C19H20ClFN2O4S. The van der Waals surface area contributed by atoms with E-state index in [2.05, 4.69) is 5.32 Å². The number of nitrogens with zero attached hydrogens (tertiary/aromatic N) is 1. The number of carbonyl (C=O) groups is 1. The number of morpholine rings is 1. The minimum Gasteiger partial charge on any atom is -0.379 e. The zero-order valence-electron chi connectivity index (χ0n) is 15.2. The lowest BCUT2D eigenvalue weighted by atomic mass is 10.1. The summed E-state index contributed by atoms with van der Waals surface area (Å²) in [6.07, 6.45) is 0. The lowest BCUT2D eigenvalue weighted by molar-refractivity contribution is 0.0730. The molecule has 2 aromatic rings. The predicted molar refractivity (Wildman–Crippen MR) is 103 cm³/mol. The normalized spacial score (nSPS) is 16.5. The van der Waals surface area contributed by atoms with Crippen LogP contribution in [0.5, 0.6) is 0 Å². The Bertz CT molecular complexity index is 960. The van der Waals surface area contributed by atoms with Crippen LogP contribution in [0, 0.1) is 5.82 Å².